The number of ether oxygens (including phenoxy) is 1. The standard InChI is InChI=1S/C15H22N2O4S/c16-13(15(19)17-9-4-10-22-20)7-8-14(18)21-11-12-5-2-1-3-6-12/h1-3,5-6,13,20H,4,7-11,16H2,(H,17,19). The minimum atomic E-state index is -0.731. The highest BCUT2D eigenvalue weighted by atomic mass is 32.2. The van der Waals surface area contributed by atoms with E-state index in [1.54, 1.807) is 0 Å². The van der Waals surface area contributed by atoms with E-state index in [1.165, 1.54) is 0 Å². The van der Waals surface area contributed by atoms with E-state index in [4.69, 9.17) is 15.0 Å². The van der Waals surface area contributed by atoms with Crippen LogP contribution in [0.3, 0.4) is 0 Å². The number of hydrogen-bond donors (Lipinski definition) is 3. The van der Waals surface area contributed by atoms with Crippen molar-refractivity contribution < 1.29 is 18.9 Å². The number of hydrogen-bond acceptors (Lipinski definition) is 6. The molecule has 0 aromatic heterocycles. The molecule has 0 spiro atoms. The molecular formula is C15H22N2O4S. The van der Waals surface area contributed by atoms with Crippen LogP contribution in [0.1, 0.15) is 24.8 Å². The molecule has 0 aliphatic carbocycles. The maximum atomic E-state index is 11.6. The predicted octanol–water partition coefficient (Wildman–Crippen LogP) is 1.55. The zero-order valence-corrected chi connectivity index (χ0v) is 13.2. The number of benzene rings is 1. The van der Waals surface area contributed by atoms with Gasteiger partial charge in [-0.2, -0.15) is 0 Å². The van der Waals surface area contributed by atoms with Gasteiger partial charge in [-0.15, -0.1) is 0 Å². The van der Waals surface area contributed by atoms with Gasteiger partial charge in [-0.3, -0.25) is 9.59 Å². The SMILES string of the molecule is NC(CCC(=O)OCc1ccccc1)C(=O)NCCCSO. The molecule has 1 atom stereocenters. The van der Waals surface area contributed by atoms with Crippen molar-refractivity contribution >= 4 is 23.9 Å². The Morgan fingerprint density at radius 3 is 2.73 bits per heavy atom. The second-order valence-electron chi connectivity index (χ2n) is 4.77. The molecule has 6 nitrogen and oxygen atoms in total. The largest absolute Gasteiger partial charge is 0.461 e. The van der Waals surface area contributed by atoms with E-state index in [-0.39, 0.29) is 31.3 Å². The van der Waals surface area contributed by atoms with E-state index in [1.807, 2.05) is 30.3 Å². The van der Waals surface area contributed by atoms with Crippen molar-refractivity contribution in [1.29, 1.82) is 0 Å². The minimum absolute atomic E-state index is 0.105. The van der Waals surface area contributed by atoms with Gasteiger partial charge in [0.25, 0.3) is 0 Å². The number of nitrogens with one attached hydrogen (secondary N) is 1. The molecule has 0 aliphatic rings. The molecular weight excluding hydrogens is 304 g/mol. The van der Waals surface area contributed by atoms with E-state index in [0.29, 0.717) is 18.7 Å². The normalized spacial score (nSPS) is 11.7. The number of carbonyl (C=O) groups is 2. The average molecular weight is 326 g/mol. The summed E-state index contributed by atoms with van der Waals surface area (Å²) in [5.41, 5.74) is 6.63. The second kappa shape index (κ2) is 11.1. The Labute approximate surface area is 134 Å². The van der Waals surface area contributed by atoms with Gasteiger partial charge in [0.05, 0.1) is 6.04 Å². The summed E-state index contributed by atoms with van der Waals surface area (Å²) >= 11 is 0.736. The lowest BCUT2D eigenvalue weighted by Crippen LogP contribution is -2.41. The number of rotatable bonds is 10. The molecule has 0 radical (unpaired) electrons. The van der Waals surface area contributed by atoms with Crippen molar-refractivity contribution in [2.24, 2.45) is 5.73 Å². The average Bonchev–Trinajstić information content (AvgIpc) is 2.55. The molecule has 1 amide bonds. The van der Waals surface area contributed by atoms with Crippen LogP contribution in [0.4, 0.5) is 0 Å². The van der Waals surface area contributed by atoms with Crippen molar-refractivity contribution in [3.63, 3.8) is 0 Å². The van der Waals surface area contributed by atoms with Gasteiger partial charge in [-0.05, 0) is 30.4 Å². The van der Waals surface area contributed by atoms with Crippen molar-refractivity contribution in [3.8, 4) is 0 Å². The summed E-state index contributed by atoms with van der Waals surface area (Å²) in [7, 11) is 0. The first-order valence-electron chi connectivity index (χ1n) is 7.12. The number of carbonyl (C=O) groups excluding carboxylic acids is 2. The second-order valence-corrected chi connectivity index (χ2v) is 5.44. The highest BCUT2D eigenvalue weighted by Crippen LogP contribution is 2.04. The Balaban J connectivity index is 2.15. The Bertz CT molecular complexity index is 456. The zero-order valence-electron chi connectivity index (χ0n) is 12.4. The molecule has 1 aromatic carbocycles. The fraction of sp³-hybridized carbons (Fsp3) is 0.467. The highest BCUT2D eigenvalue weighted by molar-refractivity contribution is 7.93. The third-order valence-electron chi connectivity index (χ3n) is 2.95. The quantitative estimate of drug-likeness (QED) is 0.342. The molecule has 0 saturated carbocycles. The lowest BCUT2D eigenvalue weighted by Gasteiger charge is -2.11. The Hall–Kier alpha value is -1.57. The molecule has 1 unspecified atom stereocenters. The summed E-state index contributed by atoms with van der Waals surface area (Å²) in [6, 6.07) is 8.65. The first-order chi connectivity index (χ1) is 10.6. The van der Waals surface area contributed by atoms with Crippen molar-refractivity contribution in [3.05, 3.63) is 35.9 Å². The molecule has 0 bridgehead atoms. The van der Waals surface area contributed by atoms with Crippen LogP contribution in [0, 0.1) is 0 Å². The molecule has 0 saturated heterocycles. The first kappa shape index (κ1) is 18.5. The lowest BCUT2D eigenvalue weighted by atomic mass is 10.1. The van der Waals surface area contributed by atoms with Crippen LogP contribution < -0.4 is 11.1 Å². The number of esters is 1. The summed E-state index contributed by atoms with van der Waals surface area (Å²) in [6.45, 7) is 0.679. The fourth-order valence-corrected chi connectivity index (χ4v) is 1.97. The Morgan fingerprint density at radius 2 is 2.05 bits per heavy atom. The van der Waals surface area contributed by atoms with E-state index in [0.717, 1.165) is 17.6 Å². The van der Waals surface area contributed by atoms with Gasteiger partial charge in [0.1, 0.15) is 6.61 Å². The number of amides is 1. The van der Waals surface area contributed by atoms with E-state index in [9.17, 15) is 9.59 Å². The summed E-state index contributed by atoms with van der Waals surface area (Å²) in [4.78, 5) is 23.2. The van der Waals surface area contributed by atoms with Gasteiger partial charge in [0.2, 0.25) is 5.91 Å². The van der Waals surface area contributed by atoms with Gasteiger partial charge in [-0.1, -0.05) is 30.3 Å². The van der Waals surface area contributed by atoms with E-state index in [2.05, 4.69) is 5.32 Å². The van der Waals surface area contributed by atoms with Gasteiger partial charge in [0.15, 0.2) is 0 Å². The minimum Gasteiger partial charge on any atom is -0.461 e. The van der Waals surface area contributed by atoms with Crippen LogP contribution >= 0.6 is 12.0 Å². The monoisotopic (exact) mass is 326 g/mol. The topological polar surface area (TPSA) is 102 Å². The summed E-state index contributed by atoms with van der Waals surface area (Å²) in [5, 5.41) is 2.66. The Kier molecular flexibility index (Phi) is 9.29. The van der Waals surface area contributed by atoms with E-state index >= 15 is 0 Å². The first-order valence-corrected chi connectivity index (χ1v) is 8.07. The molecule has 1 rings (SSSR count). The summed E-state index contributed by atoms with van der Waals surface area (Å²) in [6.07, 6.45) is 1.01. The van der Waals surface area contributed by atoms with Crippen molar-refractivity contribution in [2.75, 3.05) is 12.3 Å². The van der Waals surface area contributed by atoms with Crippen LogP contribution in [0.5, 0.6) is 0 Å². The third-order valence-corrected chi connectivity index (χ3v) is 3.42. The van der Waals surface area contributed by atoms with E-state index < -0.39 is 6.04 Å². The molecule has 0 heterocycles. The van der Waals surface area contributed by atoms with Gasteiger partial charge in [0, 0.05) is 18.7 Å². The maximum absolute atomic E-state index is 11.6. The van der Waals surface area contributed by atoms with Crippen LogP contribution in [0.2, 0.25) is 0 Å². The zero-order chi connectivity index (χ0) is 16.2. The van der Waals surface area contributed by atoms with Crippen molar-refractivity contribution in [1.82, 2.24) is 5.32 Å². The van der Waals surface area contributed by atoms with Gasteiger partial charge < -0.3 is 20.3 Å². The van der Waals surface area contributed by atoms with Gasteiger partial charge >= 0.3 is 5.97 Å². The summed E-state index contributed by atoms with van der Waals surface area (Å²) in [5.74, 6) is -0.107. The van der Waals surface area contributed by atoms with Crippen LogP contribution in [0.25, 0.3) is 0 Å². The van der Waals surface area contributed by atoms with Crippen LogP contribution in [-0.2, 0) is 20.9 Å². The van der Waals surface area contributed by atoms with Crippen molar-refractivity contribution in [2.45, 2.75) is 31.9 Å². The molecule has 1 aromatic rings. The predicted molar refractivity (Wildman–Crippen MR) is 86.2 cm³/mol. The molecule has 22 heavy (non-hydrogen) atoms. The molecule has 7 heteroatoms. The van der Waals surface area contributed by atoms with Gasteiger partial charge in [-0.25, -0.2) is 0 Å². The Morgan fingerprint density at radius 1 is 1.32 bits per heavy atom. The molecule has 4 N–H and O–H groups in total. The molecule has 0 fully saturated rings. The van der Waals surface area contributed by atoms with Crippen LogP contribution in [-0.4, -0.2) is 34.8 Å². The lowest BCUT2D eigenvalue weighted by molar-refractivity contribution is -0.145. The highest BCUT2D eigenvalue weighted by Gasteiger charge is 2.15. The molecule has 0 aliphatic heterocycles. The number of nitrogens with two attached hydrogens (primary N) is 1. The maximum Gasteiger partial charge on any atom is 0.306 e. The smallest absolute Gasteiger partial charge is 0.306 e. The fourth-order valence-electron chi connectivity index (χ4n) is 1.69. The molecule has 122 valence electrons. The van der Waals surface area contributed by atoms with Crippen LogP contribution in [0.15, 0.2) is 30.3 Å². The third kappa shape index (κ3) is 8.02. The summed E-state index contributed by atoms with van der Waals surface area (Å²) < 4.78 is 13.7.